The van der Waals surface area contributed by atoms with E-state index in [9.17, 15) is 4.79 Å². The summed E-state index contributed by atoms with van der Waals surface area (Å²) in [5.74, 6) is 2.75. The molecule has 4 aliphatic rings. The molecule has 5 heterocycles. The van der Waals surface area contributed by atoms with Gasteiger partial charge in [0, 0.05) is 44.5 Å². The lowest BCUT2D eigenvalue weighted by atomic mass is 9.96. The molecule has 0 radical (unpaired) electrons. The van der Waals surface area contributed by atoms with E-state index in [2.05, 4.69) is 32.2 Å². The minimum atomic E-state index is -0.0883. The van der Waals surface area contributed by atoms with Crippen molar-refractivity contribution in [1.29, 1.82) is 0 Å². The average molecular weight is 387 g/mol. The molecule has 2 atom stereocenters. The first-order chi connectivity index (χ1) is 13.7. The van der Waals surface area contributed by atoms with Crippen molar-refractivity contribution in [3.63, 3.8) is 0 Å². The van der Waals surface area contributed by atoms with Crippen molar-refractivity contribution < 1.29 is 14.1 Å². The van der Waals surface area contributed by atoms with Crippen LogP contribution in [-0.4, -0.2) is 75.7 Å². The molecule has 2 amide bonds. The lowest BCUT2D eigenvalue weighted by Gasteiger charge is -2.32. The van der Waals surface area contributed by atoms with E-state index >= 15 is 0 Å². The van der Waals surface area contributed by atoms with Gasteiger partial charge in [-0.1, -0.05) is 12.1 Å². The van der Waals surface area contributed by atoms with Crippen LogP contribution in [0, 0.1) is 11.8 Å². The van der Waals surface area contributed by atoms with Crippen LogP contribution in [0.1, 0.15) is 25.6 Å². The number of amidine groups is 1. The third kappa shape index (κ3) is 3.26. The van der Waals surface area contributed by atoms with E-state index in [1.807, 2.05) is 6.20 Å². The van der Waals surface area contributed by atoms with Gasteiger partial charge in [0.15, 0.2) is 11.6 Å². The number of hydrogen-bond acceptors (Lipinski definition) is 8. The van der Waals surface area contributed by atoms with E-state index in [4.69, 9.17) is 14.3 Å². The van der Waals surface area contributed by atoms with E-state index in [0.717, 1.165) is 50.8 Å². The number of urea groups is 1. The summed E-state index contributed by atoms with van der Waals surface area (Å²) in [5.41, 5.74) is 0. The Bertz CT molecular complexity index is 787. The molecule has 2 unspecified atom stereocenters. The molecule has 0 spiro atoms. The second-order valence-corrected chi connectivity index (χ2v) is 7.97. The summed E-state index contributed by atoms with van der Waals surface area (Å²) in [4.78, 5) is 27.9. The molecule has 4 aliphatic heterocycles. The number of carbonyl (C=O) groups is 1. The molecule has 150 valence electrons. The van der Waals surface area contributed by atoms with Crippen LogP contribution in [0.3, 0.4) is 0 Å². The molecule has 10 nitrogen and oxygen atoms in total. The summed E-state index contributed by atoms with van der Waals surface area (Å²) in [6.45, 7) is 6.68. The summed E-state index contributed by atoms with van der Waals surface area (Å²) in [6.07, 6.45) is 5.36. The number of aliphatic imine (C=N–C) groups is 1. The molecule has 0 bridgehead atoms. The fourth-order valence-electron chi connectivity index (χ4n) is 4.51. The number of hydrogen-bond donors (Lipinski definition) is 1. The number of amides is 2. The van der Waals surface area contributed by atoms with Gasteiger partial charge in [0.25, 0.3) is 0 Å². The van der Waals surface area contributed by atoms with Gasteiger partial charge >= 0.3 is 6.03 Å². The Morgan fingerprint density at radius 2 is 2.14 bits per heavy atom. The first-order valence-corrected chi connectivity index (χ1v) is 9.87. The summed E-state index contributed by atoms with van der Waals surface area (Å²) in [7, 11) is 0. The highest BCUT2D eigenvalue weighted by Crippen LogP contribution is 2.30. The molecule has 0 aliphatic carbocycles. The molecule has 0 aromatic carbocycles. The summed E-state index contributed by atoms with van der Waals surface area (Å²) < 4.78 is 10.3. The molecule has 0 saturated carbocycles. The van der Waals surface area contributed by atoms with Crippen molar-refractivity contribution >= 4 is 11.9 Å². The first-order valence-electron chi connectivity index (χ1n) is 9.87. The van der Waals surface area contributed by atoms with Crippen LogP contribution in [-0.2, 0) is 11.3 Å². The number of aromatic nitrogens is 2. The zero-order chi connectivity index (χ0) is 19.1. The maximum absolute atomic E-state index is 12.7. The predicted octanol–water partition coefficient (Wildman–Crippen LogP) is 0.812. The van der Waals surface area contributed by atoms with Crippen LogP contribution in [0.15, 0.2) is 27.9 Å². The smallest absolute Gasteiger partial charge is 0.329 e. The predicted molar refractivity (Wildman–Crippen MR) is 98.7 cm³/mol. The molecule has 10 heteroatoms. The maximum Gasteiger partial charge on any atom is 0.329 e. The van der Waals surface area contributed by atoms with E-state index in [1.165, 1.54) is 6.39 Å². The normalized spacial score (nSPS) is 29.0. The molecule has 1 aromatic rings. The van der Waals surface area contributed by atoms with E-state index in [0.29, 0.717) is 31.0 Å². The quantitative estimate of drug-likeness (QED) is 0.816. The Morgan fingerprint density at radius 3 is 2.93 bits per heavy atom. The van der Waals surface area contributed by atoms with E-state index in [1.54, 1.807) is 4.90 Å². The van der Waals surface area contributed by atoms with Gasteiger partial charge in [-0.2, -0.15) is 4.98 Å². The molecule has 1 aromatic heterocycles. The monoisotopic (exact) mass is 387 g/mol. The molecular weight excluding hydrogens is 362 g/mol. The third-order valence-electron chi connectivity index (χ3n) is 6.05. The van der Waals surface area contributed by atoms with Crippen LogP contribution in [0.2, 0.25) is 0 Å². The topological polar surface area (TPSA) is 99.3 Å². The summed E-state index contributed by atoms with van der Waals surface area (Å²) >= 11 is 0. The van der Waals surface area contributed by atoms with Crippen LogP contribution >= 0.6 is 0 Å². The highest BCUT2D eigenvalue weighted by atomic mass is 16.5. The maximum atomic E-state index is 12.7. The number of rotatable bonds is 4. The average Bonchev–Trinajstić information content (AvgIpc) is 3.43. The Hall–Kier alpha value is -2.46. The SMILES string of the molecule is CC1CN(Cc2ncon2)CC1C1=NC2=CN(C3CCOCC3)CN2C(=O)N1. The highest BCUT2D eigenvalue weighted by Gasteiger charge is 2.40. The van der Waals surface area contributed by atoms with Crippen molar-refractivity contribution in [3.8, 4) is 0 Å². The summed E-state index contributed by atoms with van der Waals surface area (Å²) in [5, 5.41) is 6.92. The van der Waals surface area contributed by atoms with Crippen LogP contribution in [0.5, 0.6) is 0 Å². The fourth-order valence-corrected chi connectivity index (χ4v) is 4.51. The van der Waals surface area contributed by atoms with Gasteiger partial charge in [-0.15, -0.1) is 0 Å². The number of likely N-dealkylation sites (tertiary alicyclic amines) is 1. The van der Waals surface area contributed by atoms with Crippen molar-refractivity contribution in [2.75, 3.05) is 33.0 Å². The van der Waals surface area contributed by atoms with Gasteiger partial charge in [-0.25, -0.2) is 9.79 Å². The Kier molecular flexibility index (Phi) is 4.52. The van der Waals surface area contributed by atoms with Gasteiger partial charge in [0.1, 0.15) is 12.5 Å². The zero-order valence-electron chi connectivity index (χ0n) is 16.0. The molecule has 1 N–H and O–H groups in total. The van der Waals surface area contributed by atoms with Gasteiger partial charge in [0.05, 0.1) is 6.54 Å². The number of ether oxygens (including phenoxy) is 1. The van der Waals surface area contributed by atoms with Gasteiger partial charge in [-0.3, -0.25) is 15.1 Å². The Balaban J connectivity index is 1.30. The second kappa shape index (κ2) is 7.17. The minimum Gasteiger partial charge on any atom is -0.381 e. The second-order valence-electron chi connectivity index (χ2n) is 7.97. The van der Waals surface area contributed by atoms with Gasteiger partial charge in [-0.05, 0) is 18.8 Å². The molecular formula is C18H25N7O3. The number of nitrogens with one attached hydrogen (secondary N) is 1. The molecule has 2 fully saturated rings. The number of nitrogens with zero attached hydrogens (tertiary/aromatic N) is 6. The van der Waals surface area contributed by atoms with Crippen LogP contribution in [0.4, 0.5) is 4.79 Å². The van der Waals surface area contributed by atoms with Crippen molar-refractivity contribution in [2.24, 2.45) is 16.8 Å². The molecule has 5 rings (SSSR count). The third-order valence-corrected chi connectivity index (χ3v) is 6.05. The standard InChI is InChI=1S/C18H25N7O3/c1-12-6-23(8-15-19-10-28-22-15)7-14(12)17-20-16-9-24(11-25(16)18(26)21-17)13-2-4-27-5-3-13/h9-10,12-14H,2-8,11H2,1H3,(H,20,21,26). The fraction of sp³-hybridized carbons (Fsp3) is 0.667. The van der Waals surface area contributed by atoms with E-state index in [-0.39, 0.29) is 11.9 Å². The van der Waals surface area contributed by atoms with Gasteiger partial charge < -0.3 is 14.2 Å². The summed E-state index contributed by atoms with van der Waals surface area (Å²) in [6, 6.07) is 0.323. The Morgan fingerprint density at radius 1 is 1.29 bits per heavy atom. The Labute approximate surface area is 163 Å². The van der Waals surface area contributed by atoms with Crippen LogP contribution < -0.4 is 5.32 Å². The highest BCUT2D eigenvalue weighted by molar-refractivity contribution is 6.02. The van der Waals surface area contributed by atoms with Crippen molar-refractivity contribution in [3.05, 3.63) is 24.2 Å². The van der Waals surface area contributed by atoms with Crippen LogP contribution in [0.25, 0.3) is 0 Å². The van der Waals surface area contributed by atoms with Crippen molar-refractivity contribution in [2.45, 2.75) is 32.4 Å². The minimum absolute atomic E-state index is 0.0883. The van der Waals surface area contributed by atoms with Crippen molar-refractivity contribution in [1.82, 2.24) is 30.2 Å². The first kappa shape index (κ1) is 17.6. The number of fused-ring (bicyclic) bond motifs is 1. The molecule has 28 heavy (non-hydrogen) atoms. The largest absolute Gasteiger partial charge is 0.381 e. The van der Waals surface area contributed by atoms with E-state index < -0.39 is 0 Å². The lowest BCUT2D eigenvalue weighted by Crippen LogP contribution is -2.50. The molecule has 2 saturated heterocycles. The lowest BCUT2D eigenvalue weighted by molar-refractivity contribution is 0.0459. The zero-order valence-corrected chi connectivity index (χ0v) is 16.0. The van der Waals surface area contributed by atoms with Gasteiger partial charge in [0.2, 0.25) is 6.39 Å². The number of carbonyl (C=O) groups excluding carboxylic acids is 1.